The quantitative estimate of drug-likeness (QED) is 0.827. The Hall–Kier alpha value is -1.61. The molecule has 1 amide bonds. The Morgan fingerprint density at radius 2 is 2.16 bits per heavy atom. The number of piperidine rings is 1. The van der Waals surface area contributed by atoms with Gasteiger partial charge >= 0.3 is 0 Å². The zero-order chi connectivity index (χ0) is 13.8. The number of aryl methyl sites for hydroxylation is 1. The topological polar surface area (TPSA) is 40.5 Å². The summed E-state index contributed by atoms with van der Waals surface area (Å²) in [7, 11) is 0. The fraction of sp³-hybridized carbons (Fsp3) is 0.438. The second-order valence-corrected chi connectivity index (χ2v) is 5.31. The third-order valence-electron chi connectivity index (χ3n) is 3.82. The molecule has 3 heteroatoms. The van der Waals surface area contributed by atoms with Crippen molar-refractivity contribution in [1.82, 2.24) is 4.90 Å². The van der Waals surface area contributed by atoms with Gasteiger partial charge in [0.25, 0.3) is 0 Å². The van der Waals surface area contributed by atoms with E-state index in [4.69, 9.17) is 0 Å². The molecule has 2 rings (SSSR count). The zero-order valence-corrected chi connectivity index (χ0v) is 11.5. The number of rotatable bonds is 2. The fourth-order valence-corrected chi connectivity index (χ4v) is 2.29. The molecule has 19 heavy (non-hydrogen) atoms. The van der Waals surface area contributed by atoms with Crippen LogP contribution in [0.4, 0.5) is 0 Å². The number of aliphatic hydroxyl groups is 1. The molecular weight excluding hydrogens is 238 g/mol. The van der Waals surface area contributed by atoms with E-state index < -0.39 is 6.10 Å². The number of likely N-dealkylation sites (tertiary alicyclic amines) is 1. The predicted molar refractivity (Wildman–Crippen MR) is 76.6 cm³/mol. The van der Waals surface area contributed by atoms with Crippen LogP contribution in [0.5, 0.6) is 0 Å². The first-order valence-corrected chi connectivity index (χ1v) is 6.78. The van der Waals surface area contributed by atoms with Crippen LogP contribution in [-0.2, 0) is 4.79 Å². The Balaban J connectivity index is 2.00. The van der Waals surface area contributed by atoms with E-state index in [0.29, 0.717) is 6.54 Å². The highest BCUT2D eigenvalue weighted by atomic mass is 16.3. The first-order chi connectivity index (χ1) is 9.08. The smallest absolute Gasteiger partial charge is 0.246 e. The standard InChI is InChI=1S/C16H21NO2/c1-12-5-3-4-6-14(12)7-8-16(19)17-10-9-13(2)15(18)11-17/h3-8,13,15,18H,9-11H2,1-2H3/b8-7+. The summed E-state index contributed by atoms with van der Waals surface area (Å²) < 4.78 is 0. The first-order valence-electron chi connectivity index (χ1n) is 6.78. The summed E-state index contributed by atoms with van der Waals surface area (Å²) in [6.07, 6.45) is 3.92. The number of β-amino-alcohol motifs (C(OH)–C–C–N with tert-alkyl or cyclic N) is 1. The number of aliphatic hydroxyl groups excluding tert-OH is 1. The average molecular weight is 259 g/mol. The second-order valence-electron chi connectivity index (χ2n) is 5.31. The van der Waals surface area contributed by atoms with Crippen molar-refractivity contribution in [2.45, 2.75) is 26.4 Å². The van der Waals surface area contributed by atoms with Crippen molar-refractivity contribution >= 4 is 12.0 Å². The normalized spacial score (nSPS) is 23.8. The molecule has 102 valence electrons. The van der Waals surface area contributed by atoms with Crippen LogP contribution >= 0.6 is 0 Å². The minimum Gasteiger partial charge on any atom is -0.391 e. The highest BCUT2D eigenvalue weighted by Crippen LogP contribution is 2.17. The summed E-state index contributed by atoms with van der Waals surface area (Å²) >= 11 is 0. The Morgan fingerprint density at radius 1 is 1.42 bits per heavy atom. The summed E-state index contributed by atoms with van der Waals surface area (Å²) in [6.45, 7) is 5.22. The van der Waals surface area contributed by atoms with Crippen LogP contribution in [0.2, 0.25) is 0 Å². The van der Waals surface area contributed by atoms with Crippen LogP contribution < -0.4 is 0 Å². The number of hydrogen-bond donors (Lipinski definition) is 1. The molecule has 0 radical (unpaired) electrons. The summed E-state index contributed by atoms with van der Waals surface area (Å²) in [5.41, 5.74) is 2.21. The van der Waals surface area contributed by atoms with Gasteiger partial charge in [-0.05, 0) is 36.5 Å². The molecule has 3 nitrogen and oxygen atoms in total. The van der Waals surface area contributed by atoms with Gasteiger partial charge in [-0.2, -0.15) is 0 Å². The molecule has 1 N–H and O–H groups in total. The van der Waals surface area contributed by atoms with Gasteiger partial charge in [-0.1, -0.05) is 31.2 Å². The molecule has 0 aromatic heterocycles. The predicted octanol–water partition coefficient (Wildman–Crippen LogP) is 2.24. The molecule has 1 aromatic carbocycles. The summed E-state index contributed by atoms with van der Waals surface area (Å²) in [5, 5.41) is 9.81. The Bertz CT molecular complexity index is 481. The number of carbonyl (C=O) groups is 1. The van der Waals surface area contributed by atoms with Crippen molar-refractivity contribution < 1.29 is 9.90 Å². The monoisotopic (exact) mass is 259 g/mol. The van der Waals surface area contributed by atoms with Crippen molar-refractivity contribution in [1.29, 1.82) is 0 Å². The molecule has 1 saturated heterocycles. The Labute approximate surface area is 114 Å². The van der Waals surface area contributed by atoms with Crippen LogP contribution in [-0.4, -0.2) is 35.1 Å². The van der Waals surface area contributed by atoms with Gasteiger partial charge < -0.3 is 10.0 Å². The van der Waals surface area contributed by atoms with Crippen LogP contribution in [0.25, 0.3) is 6.08 Å². The van der Waals surface area contributed by atoms with Crippen LogP contribution in [0, 0.1) is 12.8 Å². The van der Waals surface area contributed by atoms with Crippen molar-refractivity contribution in [2.75, 3.05) is 13.1 Å². The molecule has 0 bridgehead atoms. The van der Waals surface area contributed by atoms with Crippen molar-refractivity contribution in [2.24, 2.45) is 5.92 Å². The molecule has 2 unspecified atom stereocenters. The molecule has 2 atom stereocenters. The maximum absolute atomic E-state index is 12.1. The van der Waals surface area contributed by atoms with Gasteiger partial charge in [0.15, 0.2) is 0 Å². The van der Waals surface area contributed by atoms with Crippen LogP contribution in [0.3, 0.4) is 0 Å². The molecule has 1 aromatic rings. The lowest BCUT2D eigenvalue weighted by Gasteiger charge is -2.33. The van der Waals surface area contributed by atoms with Crippen molar-refractivity contribution in [3.63, 3.8) is 0 Å². The van der Waals surface area contributed by atoms with Crippen molar-refractivity contribution in [3.05, 3.63) is 41.5 Å². The van der Waals surface area contributed by atoms with E-state index in [-0.39, 0.29) is 11.8 Å². The fourth-order valence-electron chi connectivity index (χ4n) is 2.29. The largest absolute Gasteiger partial charge is 0.391 e. The van der Waals surface area contributed by atoms with Gasteiger partial charge in [0, 0.05) is 19.2 Å². The minimum absolute atomic E-state index is 0.0193. The highest BCUT2D eigenvalue weighted by Gasteiger charge is 2.26. The number of benzene rings is 1. The van der Waals surface area contributed by atoms with Gasteiger partial charge in [-0.15, -0.1) is 0 Å². The molecular formula is C16H21NO2. The molecule has 1 fully saturated rings. The lowest BCUT2D eigenvalue weighted by Crippen LogP contribution is -2.45. The van der Waals surface area contributed by atoms with E-state index in [1.165, 1.54) is 0 Å². The van der Waals surface area contributed by atoms with E-state index in [2.05, 4.69) is 0 Å². The number of carbonyl (C=O) groups excluding carboxylic acids is 1. The number of hydrogen-bond acceptors (Lipinski definition) is 2. The number of nitrogens with zero attached hydrogens (tertiary/aromatic N) is 1. The summed E-state index contributed by atoms with van der Waals surface area (Å²) in [6, 6.07) is 7.96. The molecule has 0 aliphatic carbocycles. The van der Waals surface area contributed by atoms with Gasteiger partial charge in [-0.3, -0.25) is 4.79 Å². The average Bonchev–Trinajstić information content (AvgIpc) is 2.40. The van der Waals surface area contributed by atoms with E-state index in [9.17, 15) is 9.90 Å². The zero-order valence-electron chi connectivity index (χ0n) is 11.5. The summed E-state index contributed by atoms with van der Waals surface area (Å²) in [5.74, 6) is 0.263. The third-order valence-corrected chi connectivity index (χ3v) is 3.82. The Morgan fingerprint density at radius 3 is 2.84 bits per heavy atom. The highest BCUT2D eigenvalue weighted by molar-refractivity contribution is 5.92. The van der Waals surface area contributed by atoms with Gasteiger partial charge in [-0.25, -0.2) is 0 Å². The molecule has 1 heterocycles. The molecule has 1 aliphatic rings. The van der Waals surface area contributed by atoms with Gasteiger partial charge in [0.1, 0.15) is 0 Å². The van der Waals surface area contributed by atoms with Gasteiger partial charge in [0.05, 0.1) is 6.10 Å². The van der Waals surface area contributed by atoms with Crippen molar-refractivity contribution in [3.8, 4) is 0 Å². The van der Waals surface area contributed by atoms with E-state index in [1.54, 1.807) is 11.0 Å². The maximum Gasteiger partial charge on any atom is 0.246 e. The SMILES string of the molecule is Cc1ccccc1/C=C/C(=O)N1CCC(C)C(O)C1. The second kappa shape index (κ2) is 6.02. The third kappa shape index (κ3) is 3.44. The lowest BCUT2D eigenvalue weighted by atomic mass is 9.96. The molecule has 0 saturated carbocycles. The lowest BCUT2D eigenvalue weighted by molar-refractivity contribution is -0.130. The molecule has 0 spiro atoms. The van der Waals surface area contributed by atoms with E-state index in [0.717, 1.165) is 24.1 Å². The minimum atomic E-state index is -0.399. The Kier molecular flexibility index (Phi) is 4.38. The summed E-state index contributed by atoms with van der Waals surface area (Å²) in [4.78, 5) is 13.8. The first kappa shape index (κ1) is 13.8. The molecule has 1 aliphatic heterocycles. The van der Waals surface area contributed by atoms with Crippen LogP contribution in [0.15, 0.2) is 30.3 Å². The van der Waals surface area contributed by atoms with E-state index in [1.807, 2.05) is 44.2 Å². The number of amides is 1. The van der Waals surface area contributed by atoms with Crippen LogP contribution in [0.1, 0.15) is 24.5 Å². The maximum atomic E-state index is 12.1. The van der Waals surface area contributed by atoms with Gasteiger partial charge in [0.2, 0.25) is 5.91 Å². The van der Waals surface area contributed by atoms with E-state index >= 15 is 0 Å².